The summed E-state index contributed by atoms with van der Waals surface area (Å²) in [4.78, 5) is 24.9. The minimum Gasteiger partial charge on any atom is -0.466 e. The molecule has 0 unspecified atom stereocenters. The number of carbonyl (C=O) groups is 2. The zero-order chi connectivity index (χ0) is 18.0. The van der Waals surface area contributed by atoms with Crippen molar-refractivity contribution in [2.24, 2.45) is 23.7 Å². The molecule has 2 heterocycles. The zero-order valence-corrected chi connectivity index (χ0v) is 15.3. The molecule has 0 atom stereocenters. The molecule has 26 heavy (non-hydrogen) atoms. The molecule has 1 aromatic rings. The lowest BCUT2D eigenvalue weighted by Crippen LogP contribution is -2.41. The summed E-state index contributed by atoms with van der Waals surface area (Å²) in [5.41, 5.74) is 3.37. The average molecular weight is 352 g/mol. The number of aryl methyl sites for hydroxylation is 2. The largest absolute Gasteiger partial charge is 0.466 e. The molecule has 0 spiro atoms. The van der Waals surface area contributed by atoms with Gasteiger partial charge in [0.2, 0.25) is 0 Å². The van der Waals surface area contributed by atoms with Crippen molar-refractivity contribution in [2.75, 3.05) is 0 Å². The maximum Gasteiger partial charge on any atom is 0.346 e. The highest BCUT2D eigenvalue weighted by atomic mass is 16.6. The SMILES string of the molecule is Cc1cc(CC=C2C(=O)OC(=O)C2=C2C3CC4CC(C3)CC2C4)c(C)o1. The van der Waals surface area contributed by atoms with Crippen molar-refractivity contribution in [3.8, 4) is 0 Å². The van der Waals surface area contributed by atoms with Crippen molar-refractivity contribution in [3.05, 3.63) is 45.9 Å². The molecule has 5 fully saturated rings. The zero-order valence-electron chi connectivity index (χ0n) is 15.3. The number of cyclic esters (lactones) is 2. The first kappa shape index (κ1) is 16.1. The Morgan fingerprint density at radius 2 is 1.65 bits per heavy atom. The predicted molar refractivity (Wildman–Crippen MR) is 95.1 cm³/mol. The molecule has 6 rings (SSSR count). The summed E-state index contributed by atoms with van der Waals surface area (Å²) in [7, 11) is 0. The van der Waals surface area contributed by atoms with Crippen LogP contribution in [0.15, 0.2) is 33.3 Å². The minimum atomic E-state index is -0.482. The maximum absolute atomic E-state index is 12.5. The van der Waals surface area contributed by atoms with Crippen LogP contribution in [0.4, 0.5) is 0 Å². The molecule has 4 heteroatoms. The van der Waals surface area contributed by atoms with Gasteiger partial charge < -0.3 is 9.15 Å². The van der Waals surface area contributed by atoms with Gasteiger partial charge in [-0.15, -0.1) is 0 Å². The van der Waals surface area contributed by atoms with Crippen molar-refractivity contribution >= 4 is 11.9 Å². The van der Waals surface area contributed by atoms with E-state index in [1.54, 1.807) is 0 Å². The summed E-state index contributed by atoms with van der Waals surface area (Å²) in [6.45, 7) is 3.84. The van der Waals surface area contributed by atoms with Gasteiger partial charge in [-0.3, -0.25) is 0 Å². The Hall–Kier alpha value is -2.10. The third kappa shape index (κ3) is 2.42. The summed E-state index contributed by atoms with van der Waals surface area (Å²) in [5, 5.41) is 0. The smallest absolute Gasteiger partial charge is 0.346 e. The van der Waals surface area contributed by atoms with Gasteiger partial charge in [0.1, 0.15) is 11.5 Å². The molecule has 136 valence electrons. The molecule has 1 aliphatic heterocycles. The number of ether oxygens (including phenoxy) is 1. The van der Waals surface area contributed by atoms with Crippen LogP contribution >= 0.6 is 0 Å². The molecule has 5 aliphatic rings. The lowest BCUT2D eigenvalue weighted by Gasteiger charge is -2.51. The van der Waals surface area contributed by atoms with E-state index in [4.69, 9.17) is 9.15 Å². The van der Waals surface area contributed by atoms with Crippen LogP contribution in [0.5, 0.6) is 0 Å². The molecule has 0 aromatic carbocycles. The third-order valence-corrected chi connectivity index (χ3v) is 6.86. The van der Waals surface area contributed by atoms with Crippen LogP contribution in [0.1, 0.15) is 49.2 Å². The standard InChI is InChI=1S/C22H24O4/c1-11-5-15(12(2)25-11)3-4-18-20(22(24)26-21(18)23)19-16-7-13-6-14(9-16)10-17(19)8-13/h4-5,13-14,16-17H,3,6-10H2,1-2H3. The quantitative estimate of drug-likeness (QED) is 0.455. The molecule has 0 N–H and O–H groups in total. The first-order valence-electron chi connectivity index (χ1n) is 9.76. The summed E-state index contributed by atoms with van der Waals surface area (Å²) < 4.78 is 10.6. The Kier molecular flexibility index (Phi) is 3.53. The van der Waals surface area contributed by atoms with E-state index in [2.05, 4.69) is 0 Å². The van der Waals surface area contributed by atoms with Crippen LogP contribution in [0.2, 0.25) is 0 Å². The summed E-state index contributed by atoms with van der Waals surface area (Å²) in [5.74, 6) is 3.40. The molecule has 0 amide bonds. The Morgan fingerprint density at radius 1 is 1.00 bits per heavy atom. The molecule has 4 saturated carbocycles. The fourth-order valence-electron chi connectivity index (χ4n) is 6.06. The normalized spacial score (nSPS) is 34.3. The lowest BCUT2D eigenvalue weighted by atomic mass is 9.53. The van der Waals surface area contributed by atoms with Crippen LogP contribution < -0.4 is 0 Å². The average Bonchev–Trinajstić information content (AvgIpc) is 3.03. The molecular formula is C22H24O4. The molecule has 4 aliphatic carbocycles. The molecule has 1 saturated heterocycles. The fraction of sp³-hybridized carbons (Fsp3) is 0.545. The molecule has 4 nitrogen and oxygen atoms in total. The Labute approximate surface area is 153 Å². The van der Waals surface area contributed by atoms with Gasteiger partial charge in [0.15, 0.2) is 0 Å². The Balaban J connectivity index is 1.54. The van der Waals surface area contributed by atoms with Gasteiger partial charge in [0, 0.05) is 0 Å². The second-order valence-corrected chi connectivity index (χ2v) is 8.57. The van der Waals surface area contributed by atoms with Crippen molar-refractivity contribution in [2.45, 2.75) is 52.4 Å². The second kappa shape index (κ2) is 5.70. The first-order valence-corrected chi connectivity index (χ1v) is 9.76. The van der Waals surface area contributed by atoms with E-state index in [0.717, 1.165) is 28.9 Å². The Bertz CT molecular complexity index is 837. The molecule has 0 radical (unpaired) electrons. The van der Waals surface area contributed by atoms with Crippen LogP contribution in [0.3, 0.4) is 0 Å². The van der Waals surface area contributed by atoms with Crippen LogP contribution in [0.25, 0.3) is 0 Å². The topological polar surface area (TPSA) is 56.5 Å². The van der Waals surface area contributed by atoms with E-state index < -0.39 is 11.9 Å². The van der Waals surface area contributed by atoms with Crippen LogP contribution in [-0.4, -0.2) is 11.9 Å². The minimum absolute atomic E-state index is 0.427. The van der Waals surface area contributed by atoms with Crippen molar-refractivity contribution < 1.29 is 18.7 Å². The van der Waals surface area contributed by atoms with Crippen molar-refractivity contribution in [3.63, 3.8) is 0 Å². The van der Waals surface area contributed by atoms with E-state index in [-0.39, 0.29) is 0 Å². The molecule has 1 aromatic heterocycles. The highest BCUT2D eigenvalue weighted by molar-refractivity contribution is 6.18. The number of rotatable bonds is 2. The van der Waals surface area contributed by atoms with Gasteiger partial charge in [-0.1, -0.05) is 6.08 Å². The van der Waals surface area contributed by atoms with Crippen molar-refractivity contribution in [1.29, 1.82) is 0 Å². The van der Waals surface area contributed by atoms with Gasteiger partial charge in [-0.25, -0.2) is 9.59 Å². The van der Waals surface area contributed by atoms with E-state index in [9.17, 15) is 9.59 Å². The Morgan fingerprint density at radius 3 is 2.23 bits per heavy atom. The van der Waals surface area contributed by atoms with E-state index >= 15 is 0 Å². The highest BCUT2D eigenvalue weighted by Gasteiger charge is 2.49. The van der Waals surface area contributed by atoms with Gasteiger partial charge >= 0.3 is 11.9 Å². The van der Waals surface area contributed by atoms with Crippen LogP contribution in [-0.2, 0) is 20.7 Å². The second-order valence-electron chi connectivity index (χ2n) is 8.57. The van der Waals surface area contributed by atoms with E-state index in [1.807, 2.05) is 26.0 Å². The fourth-order valence-corrected chi connectivity index (χ4v) is 6.06. The monoisotopic (exact) mass is 352 g/mol. The summed E-state index contributed by atoms with van der Waals surface area (Å²) in [6, 6.07) is 1.99. The number of furan rings is 1. The van der Waals surface area contributed by atoms with Gasteiger partial charge in [0.25, 0.3) is 0 Å². The predicted octanol–water partition coefficient (Wildman–Crippen LogP) is 4.20. The third-order valence-electron chi connectivity index (χ3n) is 6.86. The van der Waals surface area contributed by atoms with Gasteiger partial charge in [0.05, 0.1) is 11.1 Å². The first-order chi connectivity index (χ1) is 12.5. The van der Waals surface area contributed by atoms with E-state index in [1.165, 1.54) is 37.7 Å². The number of hydrogen-bond donors (Lipinski definition) is 0. The van der Waals surface area contributed by atoms with Crippen molar-refractivity contribution in [1.82, 2.24) is 0 Å². The van der Waals surface area contributed by atoms with Gasteiger partial charge in [-0.2, -0.15) is 0 Å². The highest BCUT2D eigenvalue weighted by Crippen LogP contribution is 2.58. The number of carbonyl (C=O) groups excluding carboxylic acids is 2. The maximum atomic E-state index is 12.5. The number of hydrogen-bond acceptors (Lipinski definition) is 4. The molecule has 4 bridgehead atoms. The molecular weight excluding hydrogens is 328 g/mol. The number of esters is 2. The van der Waals surface area contributed by atoms with Crippen LogP contribution in [0, 0.1) is 37.5 Å². The lowest BCUT2D eigenvalue weighted by molar-refractivity contribution is -0.149. The summed E-state index contributed by atoms with van der Waals surface area (Å²) >= 11 is 0. The summed E-state index contributed by atoms with van der Waals surface area (Å²) in [6.07, 6.45) is 8.54. The van der Waals surface area contributed by atoms with Gasteiger partial charge in [-0.05, 0) is 93.2 Å². The van der Waals surface area contributed by atoms with E-state index in [0.29, 0.717) is 29.4 Å². The number of allylic oxidation sites excluding steroid dienone is 2.